The van der Waals surface area contributed by atoms with E-state index < -0.39 is 0 Å². The van der Waals surface area contributed by atoms with Crippen molar-refractivity contribution >= 4 is 18.2 Å². The first-order valence-electron chi connectivity index (χ1n) is 4.04. The third kappa shape index (κ3) is 1.69. The molecular formula is C9H13ClN2. The lowest BCUT2D eigenvalue weighted by molar-refractivity contribution is 1.09. The zero-order chi connectivity index (χ0) is 7.68. The van der Waals surface area contributed by atoms with Crippen molar-refractivity contribution in [2.24, 2.45) is 0 Å². The summed E-state index contributed by atoms with van der Waals surface area (Å²) in [7, 11) is 1.92. The fourth-order valence-corrected chi connectivity index (χ4v) is 1.35. The Morgan fingerprint density at radius 1 is 1.50 bits per heavy atom. The second-order valence-electron chi connectivity index (χ2n) is 2.97. The molecule has 3 heteroatoms. The number of hydrogen-bond acceptors (Lipinski definition) is 2. The molecule has 12 heavy (non-hydrogen) atoms. The molecular weight excluding hydrogens is 172 g/mol. The van der Waals surface area contributed by atoms with Crippen molar-refractivity contribution in [3.8, 4) is 0 Å². The summed E-state index contributed by atoms with van der Waals surface area (Å²) in [5.74, 6) is 1.83. The van der Waals surface area contributed by atoms with Gasteiger partial charge in [0.1, 0.15) is 5.82 Å². The van der Waals surface area contributed by atoms with E-state index in [-0.39, 0.29) is 12.4 Å². The molecule has 2 rings (SSSR count). The monoisotopic (exact) mass is 184 g/mol. The third-order valence-electron chi connectivity index (χ3n) is 2.09. The molecule has 0 unspecified atom stereocenters. The van der Waals surface area contributed by atoms with Crippen LogP contribution in [0.15, 0.2) is 18.3 Å². The second kappa shape index (κ2) is 3.76. The maximum atomic E-state index is 4.25. The van der Waals surface area contributed by atoms with E-state index in [1.807, 2.05) is 19.3 Å². The van der Waals surface area contributed by atoms with Crippen LogP contribution < -0.4 is 5.32 Å². The quantitative estimate of drug-likeness (QED) is 0.764. The Balaban J connectivity index is 0.000000720. The van der Waals surface area contributed by atoms with Crippen LogP contribution in [-0.4, -0.2) is 12.0 Å². The van der Waals surface area contributed by atoms with Crippen molar-refractivity contribution in [1.29, 1.82) is 0 Å². The molecule has 0 atom stereocenters. The predicted molar refractivity (Wildman–Crippen MR) is 53.0 cm³/mol. The van der Waals surface area contributed by atoms with Crippen LogP contribution in [0.1, 0.15) is 24.3 Å². The van der Waals surface area contributed by atoms with Gasteiger partial charge in [-0.2, -0.15) is 0 Å². The van der Waals surface area contributed by atoms with Gasteiger partial charge < -0.3 is 5.32 Å². The first kappa shape index (κ1) is 9.33. The highest BCUT2D eigenvalue weighted by molar-refractivity contribution is 5.85. The lowest BCUT2D eigenvalue weighted by atomic mass is 10.2. The first-order chi connectivity index (χ1) is 5.42. The van der Waals surface area contributed by atoms with E-state index in [0.29, 0.717) is 0 Å². The molecule has 0 bridgehead atoms. The average Bonchev–Trinajstić information content (AvgIpc) is 2.87. The van der Waals surface area contributed by atoms with Gasteiger partial charge in [0.25, 0.3) is 0 Å². The van der Waals surface area contributed by atoms with E-state index >= 15 is 0 Å². The van der Waals surface area contributed by atoms with Gasteiger partial charge in [0.05, 0.1) is 0 Å². The molecule has 0 spiro atoms. The number of rotatable bonds is 2. The van der Waals surface area contributed by atoms with Gasteiger partial charge >= 0.3 is 0 Å². The molecule has 0 saturated heterocycles. The van der Waals surface area contributed by atoms with Crippen molar-refractivity contribution in [3.05, 3.63) is 23.9 Å². The molecule has 1 aliphatic rings. The van der Waals surface area contributed by atoms with E-state index in [9.17, 15) is 0 Å². The van der Waals surface area contributed by atoms with Crippen molar-refractivity contribution in [2.45, 2.75) is 18.8 Å². The predicted octanol–water partition coefficient (Wildman–Crippen LogP) is 2.42. The maximum absolute atomic E-state index is 4.25. The molecule has 0 aliphatic heterocycles. The molecule has 0 aromatic carbocycles. The molecule has 1 N–H and O–H groups in total. The van der Waals surface area contributed by atoms with Crippen molar-refractivity contribution in [1.82, 2.24) is 4.98 Å². The van der Waals surface area contributed by atoms with Gasteiger partial charge in [-0.1, -0.05) is 6.07 Å². The van der Waals surface area contributed by atoms with Gasteiger partial charge in [-0.15, -0.1) is 12.4 Å². The van der Waals surface area contributed by atoms with E-state index in [4.69, 9.17) is 0 Å². The summed E-state index contributed by atoms with van der Waals surface area (Å²) in [5.41, 5.74) is 1.38. The molecule has 66 valence electrons. The molecule has 1 aromatic rings. The fourth-order valence-electron chi connectivity index (χ4n) is 1.35. The number of nitrogens with one attached hydrogen (secondary N) is 1. The summed E-state index contributed by atoms with van der Waals surface area (Å²) in [4.78, 5) is 4.25. The number of pyridine rings is 1. The summed E-state index contributed by atoms with van der Waals surface area (Å²) in [6.07, 6.45) is 4.50. The van der Waals surface area contributed by atoms with E-state index in [2.05, 4.69) is 16.4 Å². The van der Waals surface area contributed by atoms with E-state index in [0.717, 1.165) is 11.7 Å². The molecule has 1 heterocycles. The summed E-state index contributed by atoms with van der Waals surface area (Å²) in [5, 5.41) is 3.11. The Morgan fingerprint density at radius 3 is 2.83 bits per heavy atom. The minimum absolute atomic E-state index is 0. The van der Waals surface area contributed by atoms with Crippen LogP contribution in [-0.2, 0) is 0 Å². The molecule has 2 nitrogen and oxygen atoms in total. The highest BCUT2D eigenvalue weighted by Crippen LogP contribution is 2.42. The SMILES string of the molecule is CNc1ncccc1C1CC1.Cl. The lowest BCUT2D eigenvalue weighted by Crippen LogP contribution is -1.96. The Kier molecular flexibility index (Phi) is 2.93. The number of hydrogen-bond donors (Lipinski definition) is 1. The zero-order valence-electron chi connectivity index (χ0n) is 7.08. The molecule has 1 aliphatic carbocycles. The van der Waals surface area contributed by atoms with Crippen LogP contribution >= 0.6 is 12.4 Å². The summed E-state index contributed by atoms with van der Waals surface area (Å²) in [6.45, 7) is 0. The Hall–Kier alpha value is -0.760. The van der Waals surface area contributed by atoms with Gasteiger partial charge in [0, 0.05) is 13.2 Å². The van der Waals surface area contributed by atoms with Crippen LogP contribution in [0, 0.1) is 0 Å². The standard InChI is InChI=1S/C9H12N2.ClH/c1-10-9-8(7-4-5-7)3-2-6-11-9;/h2-3,6-7H,4-5H2,1H3,(H,10,11);1H. The van der Waals surface area contributed by atoms with Gasteiger partial charge in [-0.25, -0.2) is 4.98 Å². The smallest absolute Gasteiger partial charge is 0.129 e. The minimum Gasteiger partial charge on any atom is -0.373 e. The van der Waals surface area contributed by atoms with Crippen LogP contribution in [0.5, 0.6) is 0 Å². The van der Waals surface area contributed by atoms with Crippen LogP contribution in [0.2, 0.25) is 0 Å². The highest BCUT2D eigenvalue weighted by Gasteiger charge is 2.25. The van der Waals surface area contributed by atoms with Crippen molar-refractivity contribution in [2.75, 3.05) is 12.4 Å². The molecule has 0 radical (unpaired) electrons. The largest absolute Gasteiger partial charge is 0.373 e. The highest BCUT2D eigenvalue weighted by atomic mass is 35.5. The Morgan fingerprint density at radius 2 is 2.25 bits per heavy atom. The average molecular weight is 185 g/mol. The Labute approximate surface area is 78.8 Å². The number of anilines is 1. The van der Waals surface area contributed by atoms with Gasteiger partial charge in [0.15, 0.2) is 0 Å². The summed E-state index contributed by atoms with van der Waals surface area (Å²) >= 11 is 0. The molecule has 0 amide bonds. The van der Waals surface area contributed by atoms with Crippen LogP contribution in [0.25, 0.3) is 0 Å². The van der Waals surface area contributed by atoms with Crippen LogP contribution in [0.4, 0.5) is 5.82 Å². The normalized spacial score (nSPS) is 15.1. The number of halogens is 1. The lowest BCUT2D eigenvalue weighted by Gasteiger charge is -2.04. The molecule has 1 saturated carbocycles. The van der Waals surface area contributed by atoms with Crippen LogP contribution in [0.3, 0.4) is 0 Å². The van der Waals surface area contributed by atoms with Crippen molar-refractivity contribution < 1.29 is 0 Å². The summed E-state index contributed by atoms with van der Waals surface area (Å²) < 4.78 is 0. The van der Waals surface area contributed by atoms with E-state index in [1.54, 1.807) is 0 Å². The number of aromatic nitrogens is 1. The topological polar surface area (TPSA) is 24.9 Å². The molecule has 1 fully saturated rings. The van der Waals surface area contributed by atoms with Gasteiger partial charge in [-0.05, 0) is 30.4 Å². The maximum Gasteiger partial charge on any atom is 0.129 e. The van der Waals surface area contributed by atoms with Gasteiger partial charge in [0.2, 0.25) is 0 Å². The van der Waals surface area contributed by atoms with Crippen molar-refractivity contribution in [3.63, 3.8) is 0 Å². The zero-order valence-corrected chi connectivity index (χ0v) is 7.90. The fraction of sp³-hybridized carbons (Fsp3) is 0.444. The Bertz CT molecular complexity index is 258. The summed E-state index contributed by atoms with van der Waals surface area (Å²) in [6, 6.07) is 4.17. The van der Waals surface area contributed by atoms with E-state index in [1.165, 1.54) is 18.4 Å². The minimum atomic E-state index is 0. The molecule has 1 aromatic heterocycles. The second-order valence-corrected chi connectivity index (χ2v) is 2.97. The third-order valence-corrected chi connectivity index (χ3v) is 2.09. The van der Waals surface area contributed by atoms with Gasteiger partial charge in [-0.3, -0.25) is 0 Å². The first-order valence-corrected chi connectivity index (χ1v) is 4.04. The number of nitrogens with zero attached hydrogens (tertiary/aromatic N) is 1.